The maximum atomic E-state index is 11.9. The fourth-order valence-corrected chi connectivity index (χ4v) is 1.89. The van der Waals surface area contributed by atoms with Crippen molar-refractivity contribution in [2.75, 3.05) is 0 Å². The van der Waals surface area contributed by atoms with Crippen molar-refractivity contribution in [2.24, 2.45) is 13.0 Å². The summed E-state index contributed by atoms with van der Waals surface area (Å²) in [7, 11) is 1.64. The smallest absolute Gasteiger partial charge is 0.329 e. The lowest BCUT2D eigenvalue weighted by molar-refractivity contribution is -0.144. The van der Waals surface area contributed by atoms with Crippen molar-refractivity contribution in [1.29, 1.82) is 0 Å². The highest BCUT2D eigenvalue weighted by molar-refractivity contribution is 5.96. The topological polar surface area (TPSA) is 84.2 Å². The van der Waals surface area contributed by atoms with Gasteiger partial charge in [-0.05, 0) is 31.7 Å². The van der Waals surface area contributed by atoms with Crippen molar-refractivity contribution in [3.05, 3.63) is 18.0 Å². The van der Waals surface area contributed by atoms with Crippen molar-refractivity contribution >= 4 is 11.9 Å². The van der Waals surface area contributed by atoms with E-state index in [2.05, 4.69) is 10.4 Å². The van der Waals surface area contributed by atoms with Gasteiger partial charge in [-0.2, -0.15) is 5.10 Å². The Morgan fingerprint density at radius 1 is 1.59 bits per heavy atom. The molecule has 1 atom stereocenters. The summed E-state index contributed by atoms with van der Waals surface area (Å²) < 4.78 is 1.42. The van der Waals surface area contributed by atoms with E-state index in [-0.39, 0.29) is 5.92 Å². The van der Waals surface area contributed by atoms with E-state index in [0.717, 1.165) is 12.8 Å². The summed E-state index contributed by atoms with van der Waals surface area (Å²) in [6.45, 7) is 1.56. The van der Waals surface area contributed by atoms with Crippen LogP contribution in [0.3, 0.4) is 0 Å². The summed E-state index contributed by atoms with van der Waals surface area (Å²) in [5, 5.41) is 15.7. The molecule has 1 saturated carbocycles. The van der Waals surface area contributed by atoms with E-state index in [9.17, 15) is 14.7 Å². The van der Waals surface area contributed by atoms with Gasteiger partial charge in [0.15, 0.2) is 0 Å². The summed E-state index contributed by atoms with van der Waals surface area (Å²) in [6, 6.07) is 1.56. The van der Waals surface area contributed by atoms with Crippen molar-refractivity contribution < 1.29 is 14.7 Å². The molecule has 1 amide bonds. The SMILES string of the molecule is Cn1nccc1C(=O)N[C@](C)(C(=O)O)C1CC1. The number of amides is 1. The number of aryl methyl sites for hydroxylation is 1. The van der Waals surface area contributed by atoms with E-state index < -0.39 is 17.4 Å². The molecule has 6 nitrogen and oxygen atoms in total. The fourth-order valence-electron chi connectivity index (χ4n) is 1.89. The zero-order chi connectivity index (χ0) is 12.6. The normalized spacial score (nSPS) is 18.5. The molecule has 0 bridgehead atoms. The van der Waals surface area contributed by atoms with Gasteiger partial charge in [0.05, 0.1) is 0 Å². The second-order valence-electron chi connectivity index (χ2n) is 4.58. The lowest BCUT2D eigenvalue weighted by Crippen LogP contribution is -2.54. The Labute approximate surface area is 98.6 Å². The van der Waals surface area contributed by atoms with Crippen LogP contribution in [0.2, 0.25) is 0 Å². The first kappa shape index (κ1) is 11.6. The minimum absolute atomic E-state index is 0.0252. The molecule has 0 spiro atoms. The monoisotopic (exact) mass is 237 g/mol. The predicted molar refractivity (Wildman–Crippen MR) is 59.4 cm³/mol. The second kappa shape index (κ2) is 3.87. The summed E-state index contributed by atoms with van der Waals surface area (Å²) >= 11 is 0. The number of nitrogens with zero attached hydrogens (tertiary/aromatic N) is 2. The highest BCUT2D eigenvalue weighted by Crippen LogP contribution is 2.39. The average molecular weight is 237 g/mol. The predicted octanol–water partition coefficient (Wildman–Crippen LogP) is 0.403. The lowest BCUT2D eigenvalue weighted by Gasteiger charge is -2.25. The molecule has 2 N–H and O–H groups in total. The molecule has 6 heteroatoms. The van der Waals surface area contributed by atoms with Crippen LogP contribution in [0, 0.1) is 5.92 Å². The first-order valence-electron chi connectivity index (χ1n) is 5.49. The number of nitrogens with one attached hydrogen (secondary N) is 1. The first-order chi connectivity index (χ1) is 7.95. The standard InChI is InChI=1S/C11H15N3O3/c1-11(10(16)17,7-3-4-7)13-9(15)8-5-6-12-14(8)2/h5-7H,3-4H2,1-2H3,(H,13,15)(H,16,17)/t11-/m0/s1. The van der Waals surface area contributed by atoms with Gasteiger partial charge in [0.1, 0.15) is 11.2 Å². The van der Waals surface area contributed by atoms with E-state index in [1.165, 1.54) is 10.9 Å². The van der Waals surface area contributed by atoms with Gasteiger partial charge < -0.3 is 10.4 Å². The summed E-state index contributed by atoms with van der Waals surface area (Å²) in [5.74, 6) is -1.37. The molecule has 0 aliphatic heterocycles. The molecule has 0 aromatic carbocycles. The van der Waals surface area contributed by atoms with Gasteiger partial charge in [-0.25, -0.2) is 4.79 Å². The number of carbonyl (C=O) groups is 2. The van der Waals surface area contributed by atoms with Crippen LogP contribution in [0.5, 0.6) is 0 Å². The van der Waals surface area contributed by atoms with Gasteiger partial charge in [0.25, 0.3) is 5.91 Å². The molecule has 1 aromatic rings. The maximum absolute atomic E-state index is 11.9. The molecular formula is C11H15N3O3. The van der Waals surface area contributed by atoms with Gasteiger partial charge in [0.2, 0.25) is 0 Å². The van der Waals surface area contributed by atoms with Crippen LogP contribution in [-0.2, 0) is 11.8 Å². The third-order valence-corrected chi connectivity index (χ3v) is 3.26. The highest BCUT2D eigenvalue weighted by atomic mass is 16.4. The number of carboxylic acid groups (broad SMARTS) is 1. The summed E-state index contributed by atoms with van der Waals surface area (Å²) in [4.78, 5) is 23.2. The zero-order valence-electron chi connectivity index (χ0n) is 9.80. The number of aliphatic carboxylic acids is 1. The lowest BCUT2D eigenvalue weighted by atomic mass is 9.96. The molecule has 1 aliphatic carbocycles. The van der Waals surface area contributed by atoms with Gasteiger partial charge in [-0.15, -0.1) is 0 Å². The summed E-state index contributed by atoms with van der Waals surface area (Å²) in [5.41, 5.74) is -0.820. The number of hydrogen-bond donors (Lipinski definition) is 2. The molecule has 1 heterocycles. The molecule has 2 rings (SSSR count). The van der Waals surface area contributed by atoms with Gasteiger partial charge in [0, 0.05) is 13.2 Å². The van der Waals surface area contributed by atoms with Gasteiger partial charge in [-0.1, -0.05) is 0 Å². The van der Waals surface area contributed by atoms with Crippen LogP contribution in [0.25, 0.3) is 0 Å². The van der Waals surface area contributed by atoms with E-state index in [1.54, 1.807) is 20.0 Å². The molecule has 1 fully saturated rings. The quantitative estimate of drug-likeness (QED) is 0.794. The Morgan fingerprint density at radius 2 is 2.24 bits per heavy atom. The first-order valence-corrected chi connectivity index (χ1v) is 5.49. The number of hydrogen-bond acceptors (Lipinski definition) is 3. The fraction of sp³-hybridized carbons (Fsp3) is 0.545. The molecule has 1 aromatic heterocycles. The van der Waals surface area contributed by atoms with E-state index >= 15 is 0 Å². The molecular weight excluding hydrogens is 222 g/mol. The number of carbonyl (C=O) groups excluding carboxylic acids is 1. The second-order valence-corrected chi connectivity index (χ2v) is 4.58. The molecule has 0 unspecified atom stereocenters. The van der Waals surface area contributed by atoms with Crippen molar-refractivity contribution in [3.8, 4) is 0 Å². The number of carboxylic acids is 1. The molecule has 1 aliphatic rings. The molecule has 0 saturated heterocycles. The number of aromatic nitrogens is 2. The maximum Gasteiger partial charge on any atom is 0.329 e. The van der Waals surface area contributed by atoms with E-state index in [0.29, 0.717) is 5.69 Å². The van der Waals surface area contributed by atoms with Crippen LogP contribution in [0.1, 0.15) is 30.3 Å². The van der Waals surface area contributed by atoms with Gasteiger partial charge in [-0.3, -0.25) is 9.48 Å². The van der Waals surface area contributed by atoms with Gasteiger partial charge >= 0.3 is 5.97 Å². The average Bonchev–Trinajstić information content (AvgIpc) is 3.01. The third-order valence-electron chi connectivity index (χ3n) is 3.26. The minimum Gasteiger partial charge on any atom is -0.480 e. The van der Waals surface area contributed by atoms with Crippen molar-refractivity contribution in [3.63, 3.8) is 0 Å². The van der Waals surface area contributed by atoms with Crippen LogP contribution < -0.4 is 5.32 Å². The number of rotatable bonds is 4. The Hall–Kier alpha value is -1.85. The van der Waals surface area contributed by atoms with Crippen LogP contribution >= 0.6 is 0 Å². The largest absolute Gasteiger partial charge is 0.480 e. The Morgan fingerprint density at radius 3 is 2.65 bits per heavy atom. The van der Waals surface area contributed by atoms with E-state index in [4.69, 9.17) is 0 Å². The Kier molecular flexibility index (Phi) is 2.65. The Bertz CT molecular complexity index is 464. The minimum atomic E-state index is -1.18. The molecule has 92 valence electrons. The van der Waals surface area contributed by atoms with Crippen LogP contribution in [0.4, 0.5) is 0 Å². The van der Waals surface area contributed by atoms with Crippen molar-refractivity contribution in [2.45, 2.75) is 25.3 Å². The molecule has 17 heavy (non-hydrogen) atoms. The third kappa shape index (κ3) is 2.02. The summed E-state index contributed by atoms with van der Waals surface area (Å²) in [6.07, 6.45) is 3.19. The van der Waals surface area contributed by atoms with Crippen molar-refractivity contribution in [1.82, 2.24) is 15.1 Å². The highest BCUT2D eigenvalue weighted by Gasteiger charge is 2.48. The molecule has 0 radical (unpaired) electrons. The van der Waals surface area contributed by atoms with Crippen LogP contribution in [0.15, 0.2) is 12.3 Å². The van der Waals surface area contributed by atoms with Crippen LogP contribution in [-0.4, -0.2) is 32.3 Å². The Balaban J connectivity index is 2.17. The zero-order valence-corrected chi connectivity index (χ0v) is 9.80. The van der Waals surface area contributed by atoms with E-state index in [1.807, 2.05) is 0 Å².